The Morgan fingerprint density at radius 3 is 2.50 bits per heavy atom. The molecule has 13 heteroatoms. The van der Waals surface area contributed by atoms with Gasteiger partial charge in [-0.2, -0.15) is 0 Å². The number of nitrogens with two attached hydrogens (primary N) is 2. The van der Waals surface area contributed by atoms with E-state index in [0.29, 0.717) is 52.8 Å². The van der Waals surface area contributed by atoms with Gasteiger partial charge in [0, 0.05) is 50.2 Å². The lowest BCUT2D eigenvalue weighted by atomic mass is 9.41. The third-order valence-corrected chi connectivity index (χ3v) is 8.58. The summed E-state index contributed by atoms with van der Waals surface area (Å²) in [5.74, 6) is 6.86. The zero-order chi connectivity index (χ0) is 30.2. The maximum atomic E-state index is 13.2. The third-order valence-electron chi connectivity index (χ3n) is 7.66. The molecule has 1 aliphatic heterocycles. The summed E-state index contributed by atoms with van der Waals surface area (Å²) < 4.78 is 27.2. The second-order valence-electron chi connectivity index (χ2n) is 10.6. The Labute approximate surface area is 252 Å². The topological polar surface area (TPSA) is 122 Å². The number of hydrogen-bond donors (Lipinski definition) is 2. The molecule has 0 saturated carbocycles. The Balaban J connectivity index is 1.96. The molecule has 2 atom stereocenters. The lowest BCUT2D eigenvalue weighted by Crippen LogP contribution is -2.32. The Morgan fingerprint density at radius 2 is 1.90 bits per heavy atom. The van der Waals surface area contributed by atoms with Gasteiger partial charge < -0.3 is 24.8 Å². The van der Waals surface area contributed by atoms with E-state index in [2.05, 4.69) is 21.7 Å². The molecule has 3 aromatic heterocycles. The molecule has 1 fully saturated rings. The van der Waals surface area contributed by atoms with Crippen LogP contribution in [0.1, 0.15) is 36.9 Å². The number of benzene rings is 1. The van der Waals surface area contributed by atoms with E-state index < -0.39 is 15.9 Å². The van der Waals surface area contributed by atoms with Gasteiger partial charge in [-0.3, -0.25) is 9.19 Å². The first-order chi connectivity index (χ1) is 20.0. The van der Waals surface area contributed by atoms with Crippen LogP contribution < -0.4 is 16.3 Å². The zero-order valence-electron chi connectivity index (χ0n) is 24.1. The predicted molar refractivity (Wildman–Crippen MR) is 170 cm³/mol. The molecule has 4 N–H and O–H groups in total. The van der Waals surface area contributed by atoms with Crippen molar-refractivity contribution in [2.75, 3.05) is 33.1 Å². The maximum Gasteiger partial charge on any atom is 0.225 e. The summed E-state index contributed by atoms with van der Waals surface area (Å²) in [4.78, 5) is 10.1. The van der Waals surface area contributed by atoms with Crippen LogP contribution in [0.5, 0.6) is 5.88 Å². The second-order valence-corrected chi connectivity index (χ2v) is 12.0. The van der Waals surface area contributed by atoms with Crippen molar-refractivity contribution in [3.05, 3.63) is 65.6 Å². The van der Waals surface area contributed by atoms with Crippen LogP contribution >= 0.6 is 0 Å². The molecule has 0 amide bonds. The Hall–Kier alpha value is -3.28. The molecule has 212 valence electrons. The monoisotopic (exact) mass is 578 g/mol. The van der Waals surface area contributed by atoms with Crippen molar-refractivity contribution in [3.8, 4) is 5.88 Å². The summed E-state index contributed by atoms with van der Waals surface area (Å²) in [6.07, 6.45) is 6.62. The number of aromatic nitrogens is 3. The van der Waals surface area contributed by atoms with Gasteiger partial charge in [0.1, 0.15) is 5.52 Å². The molecule has 6 radical (unpaired) electrons. The van der Waals surface area contributed by atoms with Crippen molar-refractivity contribution < 1.29 is 13.7 Å². The van der Waals surface area contributed by atoms with Crippen LogP contribution in [-0.4, -0.2) is 80.4 Å². The van der Waals surface area contributed by atoms with E-state index in [0.717, 1.165) is 29.4 Å². The molecule has 42 heavy (non-hydrogen) atoms. The molecule has 0 spiro atoms. The fraction of sp³-hybridized carbons (Fsp3) is 0.379. The molecule has 4 aromatic rings. The molecule has 1 aromatic carbocycles. The minimum atomic E-state index is -1.82. The largest absolute Gasteiger partial charge is 0.477 e. The van der Waals surface area contributed by atoms with E-state index in [1.165, 1.54) is 5.01 Å². The molecular weight excluding hydrogens is 545 g/mol. The molecule has 4 heterocycles. The zero-order valence-corrected chi connectivity index (χ0v) is 24.9. The summed E-state index contributed by atoms with van der Waals surface area (Å²) in [7, 11) is 18.2. The normalized spacial score (nSPS) is 16.8. The molecule has 1 unspecified atom stereocenters. The van der Waals surface area contributed by atoms with E-state index in [1.807, 2.05) is 31.2 Å². The standard InChI is InChI=1S/C29H33B3N6O3S/c1-4-41-28-22-23-20(14-19(15-35-23)25(37(2)34)27(33)29(30,31)32)38(26(22)21(16-36-28)42(3)39)24(17-8-6-5-7-9-17)18-10-12-40-13-11-18/h5-9,14-16,18,24H,4,10-13,33-34H2,1-3H3/b27-25-/t24-,42?/m1/s1. The smallest absolute Gasteiger partial charge is 0.225 e. The highest BCUT2D eigenvalue weighted by atomic mass is 32.2. The van der Waals surface area contributed by atoms with E-state index >= 15 is 0 Å². The van der Waals surface area contributed by atoms with Gasteiger partial charge in [0.25, 0.3) is 0 Å². The molecule has 1 saturated heterocycles. The number of fused-ring (bicyclic) bond motifs is 3. The fourth-order valence-electron chi connectivity index (χ4n) is 5.81. The van der Waals surface area contributed by atoms with Crippen LogP contribution in [0.2, 0.25) is 5.11 Å². The van der Waals surface area contributed by atoms with E-state index in [9.17, 15) is 4.21 Å². The summed E-state index contributed by atoms with van der Waals surface area (Å²) in [5.41, 5.74) is 10.5. The van der Waals surface area contributed by atoms with Gasteiger partial charge in [0.2, 0.25) is 5.88 Å². The number of ether oxygens (including phenoxy) is 2. The Bertz CT molecular complexity index is 1650. The Kier molecular flexibility index (Phi) is 8.73. The average Bonchev–Trinajstić information content (AvgIpc) is 3.28. The highest BCUT2D eigenvalue weighted by molar-refractivity contribution is 7.84. The number of hydrazine groups is 1. The highest BCUT2D eigenvalue weighted by Crippen LogP contribution is 2.44. The summed E-state index contributed by atoms with van der Waals surface area (Å²) >= 11 is 0. The van der Waals surface area contributed by atoms with E-state index in [-0.39, 0.29) is 17.7 Å². The lowest BCUT2D eigenvalue weighted by molar-refractivity contribution is 0.0552. The van der Waals surface area contributed by atoms with Crippen LogP contribution in [0.3, 0.4) is 0 Å². The molecule has 0 aliphatic carbocycles. The van der Waals surface area contributed by atoms with Gasteiger partial charge in [0.05, 0.1) is 74.0 Å². The first-order valence-corrected chi connectivity index (χ1v) is 15.4. The van der Waals surface area contributed by atoms with Crippen LogP contribution in [0.15, 0.2) is 59.4 Å². The SMILES string of the molecule is [B]C([B])([B])/C(N)=C(\c1cnc2c3c(OCC)ncc(S(C)=O)c3n([C@H](c3ccccc3)C3CCOCC3)c2c1)N(C)N. The maximum absolute atomic E-state index is 13.2. The molecule has 1 aliphatic rings. The van der Waals surface area contributed by atoms with Gasteiger partial charge >= 0.3 is 0 Å². The first kappa shape index (κ1) is 30.2. The van der Waals surface area contributed by atoms with Crippen molar-refractivity contribution in [2.24, 2.45) is 17.5 Å². The van der Waals surface area contributed by atoms with Gasteiger partial charge in [-0.25, -0.2) is 10.8 Å². The van der Waals surface area contributed by atoms with E-state index in [1.54, 1.807) is 25.7 Å². The minimum absolute atomic E-state index is 0.00706. The summed E-state index contributed by atoms with van der Waals surface area (Å²) in [6, 6.07) is 12.1. The van der Waals surface area contributed by atoms with Crippen LogP contribution in [0.4, 0.5) is 0 Å². The van der Waals surface area contributed by atoms with Crippen LogP contribution in [0, 0.1) is 5.92 Å². The minimum Gasteiger partial charge on any atom is -0.477 e. The average molecular weight is 578 g/mol. The van der Waals surface area contributed by atoms with Crippen LogP contribution in [0.25, 0.3) is 27.6 Å². The van der Waals surface area contributed by atoms with Crippen molar-refractivity contribution in [1.29, 1.82) is 0 Å². The molecular formula is C29H33B3N6O3S. The number of allylic oxidation sites excluding steroid dienone is 1. The van der Waals surface area contributed by atoms with Crippen molar-refractivity contribution in [3.63, 3.8) is 0 Å². The van der Waals surface area contributed by atoms with Gasteiger partial charge in [-0.15, -0.1) is 0 Å². The number of pyridine rings is 2. The summed E-state index contributed by atoms with van der Waals surface area (Å²) in [5, 5.41) is 0.182. The van der Waals surface area contributed by atoms with Gasteiger partial charge in [-0.1, -0.05) is 35.4 Å². The number of nitrogens with zero attached hydrogens (tertiary/aromatic N) is 4. The fourth-order valence-corrected chi connectivity index (χ4v) is 6.49. The second kappa shape index (κ2) is 12.1. The molecule has 0 bridgehead atoms. The van der Waals surface area contributed by atoms with Crippen molar-refractivity contribution in [1.82, 2.24) is 19.5 Å². The predicted octanol–water partition coefficient (Wildman–Crippen LogP) is 2.75. The number of rotatable bonds is 9. The first-order valence-electron chi connectivity index (χ1n) is 13.8. The van der Waals surface area contributed by atoms with Crippen LogP contribution in [-0.2, 0) is 15.5 Å². The van der Waals surface area contributed by atoms with Gasteiger partial charge in [0.15, 0.2) is 0 Å². The highest BCUT2D eigenvalue weighted by Gasteiger charge is 2.33. The van der Waals surface area contributed by atoms with Crippen molar-refractivity contribution in [2.45, 2.75) is 35.8 Å². The van der Waals surface area contributed by atoms with Gasteiger partial charge in [-0.05, 0) is 37.3 Å². The molecule has 9 nitrogen and oxygen atoms in total. The van der Waals surface area contributed by atoms with Crippen molar-refractivity contribution >= 4 is 62.0 Å². The lowest BCUT2D eigenvalue weighted by Gasteiger charge is -2.33. The quantitative estimate of drug-likeness (QED) is 0.177. The third kappa shape index (κ3) is 5.57. The van der Waals surface area contributed by atoms with E-state index in [4.69, 9.17) is 49.6 Å². The number of hydrogen-bond acceptors (Lipinski definition) is 8. The molecule has 5 rings (SSSR count). The summed E-state index contributed by atoms with van der Waals surface area (Å²) in [6.45, 7) is 3.60. The Morgan fingerprint density at radius 1 is 1.21 bits per heavy atom.